The van der Waals surface area contributed by atoms with Gasteiger partial charge in [0.25, 0.3) is 0 Å². The van der Waals surface area contributed by atoms with Gasteiger partial charge in [-0.3, -0.25) is 33.7 Å². The second-order valence-corrected chi connectivity index (χ2v) is 26.7. The molecule has 0 aliphatic rings. The zero-order chi connectivity index (χ0) is 103. The third-order valence-corrected chi connectivity index (χ3v) is 13.8. The summed E-state index contributed by atoms with van der Waals surface area (Å²) in [6.45, 7) is 31.9. The summed E-state index contributed by atoms with van der Waals surface area (Å²) in [5, 5.41) is 78.9. The van der Waals surface area contributed by atoms with Crippen LogP contribution in [-0.4, -0.2) is 382 Å². The number of carbonyl (C=O) groups excluding carboxylic acids is 24. The fourth-order valence-electron chi connectivity index (χ4n) is 6.43. The van der Waals surface area contributed by atoms with E-state index in [1.165, 1.54) is 166 Å². The molecule has 0 saturated carbocycles. The van der Waals surface area contributed by atoms with Gasteiger partial charge in [0, 0.05) is 19.6 Å². The molecule has 0 radical (unpaired) electrons. The lowest BCUT2D eigenvalue weighted by molar-refractivity contribution is -0.180. The van der Waals surface area contributed by atoms with Gasteiger partial charge in [-0.05, 0) is 166 Å². The van der Waals surface area contributed by atoms with Gasteiger partial charge in [-0.2, -0.15) is 0 Å². The number of nitrogens with zero attached hydrogens (tertiary/aromatic N) is 1. The van der Waals surface area contributed by atoms with E-state index in [1.807, 2.05) is 0 Å². The number of aliphatic hydroxyl groups excluding tert-OH is 9. The topological polar surface area (TPSA) is 761 Å². The van der Waals surface area contributed by atoms with Crippen molar-refractivity contribution < 1.29 is 246 Å². The van der Waals surface area contributed by atoms with E-state index in [-0.39, 0.29) is 19.8 Å². The molecular weight excluding hydrogens is 1770 g/mol. The first-order chi connectivity index (χ1) is 59.9. The van der Waals surface area contributed by atoms with Gasteiger partial charge in [0.1, 0.15) is 36.6 Å². The van der Waals surface area contributed by atoms with E-state index in [0.717, 1.165) is 0 Å². The summed E-state index contributed by atoms with van der Waals surface area (Å²) in [5.41, 5.74) is 0. The maximum Gasteiger partial charge on any atom is 0.347 e. The van der Waals surface area contributed by atoms with E-state index in [0.29, 0.717) is 57.4 Å². The molecule has 0 fully saturated rings. The maximum atomic E-state index is 11.5. The summed E-state index contributed by atoms with van der Waals surface area (Å²) < 4.78 is 83.6. The van der Waals surface area contributed by atoms with Gasteiger partial charge >= 0.3 is 107 Å². The molecule has 0 aliphatic carbocycles. The normalized spacial score (nSPS) is 15.8. The van der Waals surface area contributed by atoms with Crippen LogP contribution in [-0.2, 0) is 200 Å². The first-order valence-electron chi connectivity index (χ1n) is 39.0. The molecule has 0 aliphatic heterocycles. The average Bonchev–Trinajstić information content (AvgIpc) is 0.922. The van der Waals surface area contributed by atoms with E-state index in [9.17, 15) is 115 Å². The van der Waals surface area contributed by atoms with Gasteiger partial charge in [-0.25, -0.2) is 86.3 Å². The molecule has 9 N–H and O–H groups in total. The Bertz CT molecular complexity index is 2980. The fraction of sp³-hybridized carbons (Fsp3) is 0.692. The number of esters is 18. The molecule has 52 heteroatoms. The Kier molecular flexibility index (Phi) is 73.6. The van der Waals surface area contributed by atoms with Crippen molar-refractivity contribution in [3.8, 4) is 0 Å². The SMILES string of the molecule is C[C@H](C=O)OC(=O)[C@@H](C)OC(=O)[C@H](C)OC(=O)[C@H](C)O.C[C@H](C=O)OC(=O)[C@@H](C)OC(=O)[C@H](C)OC(=O)[C@H](C)O.C[C@H](C=O)OC(=O)[C@@H](C)OC(=O)[C@H](C)OC(=O)[C@H](C)O.C[C@H](C=O)OC(=O)[C@@H](C)OC(=O)[C@H](C)OC(=O)[C@H](C)O.C[C@H](C=O)OC(=O)[C@@H](C)OC(=O)[C@H](C)OC(=O)[C@H](C)O.C[C@H](C=O)OC(=O)[C@@H](C)OC(=O)[C@H](C)OC(=O)[C@H](C)O.OCCN(CCO)CCO. The lowest BCUT2D eigenvalue weighted by Crippen LogP contribution is -2.35. The van der Waals surface area contributed by atoms with E-state index in [4.69, 9.17) is 74.4 Å². The van der Waals surface area contributed by atoms with Crippen LogP contribution in [0, 0.1) is 0 Å². The number of carbonyl (C=O) groups is 24. The summed E-state index contributed by atoms with van der Waals surface area (Å²) in [6.07, 6.45) is -26.6. The standard InChI is InChI=1S/6C12H18O8.C6H15NO3/c6*1-6(5-13)18-11(16)8(3)20-12(17)9(4)19-10(15)7(2)14;8-4-1-7(2-5-9)3-6-10/h6*5-9,14H,1-4H3;8-10H,1-6H2/t6*6-,7+,8-,9+;/m111111./s1. The van der Waals surface area contributed by atoms with Crippen LogP contribution < -0.4 is 0 Å². The molecule has 130 heavy (non-hydrogen) atoms. The van der Waals surface area contributed by atoms with Crippen molar-refractivity contribution in [2.45, 2.75) is 313 Å². The number of rotatable bonds is 48. The van der Waals surface area contributed by atoms with Crippen LogP contribution in [0.5, 0.6) is 0 Å². The molecule has 0 heterocycles. The zero-order valence-electron chi connectivity index (χ0n) is 76.2. The minimum atomic E-state index is -1.37. The number of hydrogen-bond donors (Lipinski definition) is 9. The number of hydrogen-bond acceptors (Lipinski definition) is 52. The summed E-state index contributed by atoms with van der Waals surface area (Å²) in [7, 11) is 0. The van der Waals surface area contributed by atoms with Crippen LogP contribution in [0.3, 0.4) is 0 Å². The molecule has 0 aromatic heterocycles. The second-order valence-electron chi connectivity index (χ2n) is 26.7. The minimum Gasteiger partial charge on any atom is -0.452 e. The quantitative estimate of drug-likeness (QED) is 0.0156. The van der Waals surface area contributed by atoms with Crippen LogP contribution in [0.2, 0.25) is 0 Å². The van der Waals surface area contributed by atoms with Gasteiger partial charge < -0.3 is 131 Å². The van der Waals surface area contributed by atoms with Gasteiger partial charge in [-0.1, -0.05) is 0 Å². The largest absolute Gasteiger partial charge is 0.452 e. The van der Waals surface area contributed by atoms with Crippen LogP contribution in [0.1, 0.15) is 166 Å². The predicted octanol–water partition coefficient (Wildman–Crippen LogP) is -5.57. The highest BCUT2D eigenvalue weighted by Gasteiger charge is 2.35. The molecule has 0 aromatic rings. The summed E-state index contributed by atoms with van der Waals surface area (Å²) in [5.74, 6) is -17.1. The highest BCUT2D eigenvalue weighted by Crippen LogP contribution is 2.12. The van der Waals surface area contributed by atoms with Crippen LogP contribution >= 0.6 is 0 Å². The molecule has 0 unspecified atom stereocenters. The molecule has 0 amide bonds. The molecular formula is C78H123NO51. The van der Waals surface area contributed by atoms with Crippen LogP contribution in [0.15, 0.2) is 0 Å². The van der Waals surface area contributed by atoms with Gasteiger partial charge in [0.05, 0.1) is 19.8 Å². The molecule has 24 atom stereocenters. The summed E-state index contributed by atoms with van der Waals surface area (Å²) >= 11 is 0. The second kappa shape index (κ2) is 72.9. The first kappa shape index (κ1) is 131. The Labute approximate surface area is 746 Å². The van der Waals surface area contributed by atoms with E-state index in [2.05, 4.69) is 56.8 Å². The Morgan fingerprint density at radius 2 is 0.262 bits per heavy atom. The third kappa shape index (κ3) is 65.6. The molecule has 0 bridgehead atoms. The molecule has 0 aromatic carbocycles. The van der Waals surface area contributed by atoms with Crippen molar-refractivity contribution in [2.24, 2.45) is 0 Å². The maximum absolute atomic E-state index is 11.5. The van der Waals surface area contributed by atoms with Gasteiger partial charge in [-0.15, -0.1) is 0 Å². The molecule has 746 valence electrons. The predicted molar refractivity (Wildman–Crippen MR) is 424 cm³/mol. The number of aldehydes is 6. The van der Waals surface area contributed by atoms with Crippen LogP contribution in [0.25, 0.3) is 0 Å². The monoisotopic (exact) mass is 1890 g/mol. The fourth-order valence-corrected chi connectivity index (χ4v) is 6.43. The Morgan fingerprint density at radius 1 is 0.177 bits per heavy atom. The highest BCUT2D eigenvalue weighted by molar-refractivity contribution is 5.89. The summed E-state index contributed by atoms with van der Waals surface area (Å²) in [4.78, 5) is 267. The van der Waals surface area contributed by atoms with Crippen molar-refractivity contribution in [3.63, 3.8) is 0 Å². The first-order valence-corrected chi connectivity index (χ1v) is 39.0. The van der Waals surface area contributed by atoms with Crippen LogP contribution in [0.4, 0.5) is 0 Å². The van der Waals surface area contributed by atoms with Gasteiger partial charge in [0.15, 0.2) is 148 Å². The molecule has 0 saturated heterocycles. The van der Waals surface area contributed by atoms with Crippen molar-refractivity contribution in [1.29, 1.82) is 0 Å². The van der Waals surface area contributed by atoms with E-state index >= 15 is 0 Å². The lowest BCUT2D eigenvalue weighted by atomic mass is 10.3. The Morgan fingerprint density at radius 3 is 0.338 bits per heavy atom. The van der Waals surface area contributed by atoms with Crippen molar-refractivity contribution in [3.05, 3.63) is 0 Å². The van der Waals surface area contributed by atoms with Crippen molar-refractivity contribution in [1.82, 2.24) is 4.90 Å². The van der Waals surface area contributed by atoms with Crippen molar-refractivity contribution in [2.75, 3.05) is 39.5 Å². The highest BCUT2D eigenvalue weighted by atomic mass is 16.7. The molecule has 0 spiro atoms. The number of ether oxygens (including phenoxy) is 18. The zero-order valence-corrected chi connectivity index (χ0v) is 76.2. The third-order valence-electron chi connectivity index (χ3n) is 13.8. The summed E-state index contributed by atoms with van der Waals surface area (Å²) in [6, 6.07) is 0. The Hall–Kier alpha value is -11.9. The minimum absolute atomic E-state index is 0.0694. The van der Waals surface area contributed by atoms with E-state index < -0.39 is 254 Å². The Balaban J connectivity index is -0.000000273. The lowest BCUT2D eigenvalue weighted by Gasteiger charge is -2.17. The van der Waals surface area contributed by atoms with Gasteiger partial charge in [0.2, 0.25) is 0 Å². The molecule has 0 rings (SSSR count). The average molecular weight is 1890 g/mol. The van der Waals surface area contributed by atoms with E-state index in [1.54, 1.807) is 4.90 Å². The number of aliphatic hydroxyl groups is 9. The molecule has 52 nitrogen and oxygen atoms in total. The smallest absolute Gasteiger partial charge is 0.347 e. The van der Waals surface area contributed by atoms with Crippen molar-refractivity contribution >= 4 is 145 Å².